The number of benzene rings is 1. The molecule has 3 heterocycles. The van der Waals surface area contributed by atoms with Gasteiger partial charge in [0.25, 0.3) is 5.91 Å². The highest BCUT2D eigenvalue weighted by atomic mass is 32.1. The number of methoxy groups -OCH3 is 1. The number of carbonyl (C=O) groups excluding carboxylic acids is 2. The molecule has 1 aliphatic rings. The van der Waals surface area contributed by atoms with E-state index < -0.39 is 0 Å². The van der Waals surface area contributed by atoms with Gasteiger partial charge >= 0.3 is 5.97 Å². The highest BCUT2D eigenvalue weighted by Gasteiger charge is 2.32. The van der Waals surface area contributed by atoms with Crippen LogP contribution in [0.5, 0.6) is 0 Å². The molecule has 1 saturated heterocycles. The highest BCUT2D eigenvalue weighted by molar-refractivity contribution is 7.15. The fraction of sp³-hybridized carbons (Fsp3) is 0.435. The van der Waals surface area contributed by atoms with Crippen molar-refractivity contribution in [2.45, 2.75) is 38.3 Å². The van der Waals surface area contributed by atoms with E-state index in [2.05, 4.69) is 22.0 Å². The topological polar surface area (TPSA) is 67.2 Å². The third-order valence-corrected chi connectivity index (χ3v) is 6.69. The summed E-state index contributed by atoms with van der Waals surface area (Å²) in [6, 6.07) is 9.87. The number of fused-ring (bicyclic) bond motifs is 1. The first-order valence-electron chi connectivity index (χ1n) is 10.6. The van der Waals surface area contributed by atoms with E-state index in [1.807, 2.05) is 41.2 Å². The number of aromatic nitrogens is 2. The number of hydrogen-bond acceptors (Lipinski definition) is 6. The normalized spacial score (nSPS) is 17.0. The Labute approximate surface area is 186 Å². The number of esters is 1. The summed E-state index contributed by atoms with van der Waals surface area (Å²) in [4.78, 5) is 34.9. The summed E-state index contributed by atoms with van der Waals surface area (Å²) in [5.41, 5.74) is 2.50. The van der Waals surface area contributed by atoms with Crippen molar-refractivity contribution in [3.63, 3.8) is 0 Å². The van der Waals surface area contributed by atoms with Gasteiger partial charge < -0.3 is 9.64 Å². The summed E-state index contributed by atoms with van der Waals surface area (Å²) in [5.74, 6) is -0.299. The Kier molecular flexibility index (Phi) is 6.67. The predicted molar refractivity (Wildman–Crippen MR) is 120 cm³/mol. The molecule has 1 fully saturated rings. The lowest BCUT2D eigenvalue weighted by Crippen LogP contribution is -2.45. The quantitative estimate of drug-likeness (QED) is 0.528. The maximum absolute atomic E-state index is 13.3. The SMILES string of the molecule is COC(=O)[C@H]1CCCCN1Cc1c(C(=O)N(C)CCc2ccccc2)nc2sccn12. The van der Waals surface area contributed by atoms with Gasteiger partial charge in [-0.25, -0.2) is 4.98 Å². The number of piperidine rings is 1. The maximum Gasteiger partial charge on any atom is 0.323 e. The first kappa shape index (κ1) is 21.5. The van der Waals surface area contributed by atoms with Crippen LogP contribution in [0.25, 0.3) is 4.96 Å². The molecule has 0 saturated carbocycles. The van der Waals surface area contributed by atoms with Crippen LogP contribution in [0.2, 0.25) is 0 Å². The standard InChI is InChI=1S/C23H28N4O3S/c1-25(13-11-17-8-4-3-5-9-17)21(28)20-19(27-14-15-31-23(27)24-20)16-26-12-7-6-10-18(26)22(29)30-2/h3-5,8-9,14-15,18H,6-7,10-13,16H2,1-2H3/t18-/m1/s1. The van der Waals surface area contributed by atoms with Crippen molar-refractivity contribution in [3.05, 3.63) is 58.9 Å². The molecule has 3 aromatic rings. The van der Waals surface area contributed by atoms with Gasteiger partial charge in [-0.15, -0.1) is 11.3 Å². The molecule has 7 nitrogen and oxygen atoms in total. The van der Waals surface area contributed by atoms with E-state index in [4.69, 9.17) is 4.74 Å². The number of likely N-dealkylation sites (N-methyl/N-ethyl adjacent to an activating group) is 1. The minimum Gasteiger partial charge on any atom is -0.468 e. The molecule has 0 unspecified atom stereocenters. The summed E-state index contributed by atoms with van der Waals surface area (Å²) in [6.07, 6.45) is 5.54. The van der Waals surface area contributed by atoms with Crippen molar-refractivity contribution in [1.82, 2.24) is 19.2 Å². The summed E-state index contributed by atoms with van der Waals surface area (Å²) in [7, 11) is 3.25. The average Bonchev–Trinajstić information content (AvgIpc) is 3.40. The number of rotatable bonds is 7. The molecule has 8 heteroatoms. The number of nitrogens with zero attached hydrogens (tertiary/aromatic N) is 4. The monoisotopic (exact) mass is 440 g/mol. The smallest absolute Gasteiger partial charge is 0.323 e. The Hall–Kier alpha value is -2.71. The summed E-state index contributed by atoms with van der Waals surface area (Å²) in [6.45, 7) is 1.90. The van der Waals surface area contributed by atoms with Crippen LogP contribution in [0, 0.1) is 0 Å². The summed E-state index contributed by atoms with van der Waals surface area (Å²) >= 11 is 1.51. The minimum atomic E-state index is -0.276. The molecule has 0 spiro atoms. The van der Waals surface area contributed by atoms with Crippen molar-refractivity contribution in [2.24, 2.45) is 0 Å². The first-order valence-corrected chi connectivity index (χ1v) is 11.5. The van der Waals surface area contributed by atoms with Gasteiger partial charge in [0.05, 0.1) is 12.8 Å². The van der Waals surface area contributed by atoms with Crippen LogP contribution in [-0.4, -0.2) is 64.3 Å². The van der Waals surface area contributed by atoms with Crippen LogP contribution >= 0.6 is 11.3 Å². The Morgan fingerprint density at radius 3 is 2.84 bits per heavy atom. The molecule has 1 aromatic carbocycles. The van der Waals surface area contributed by atoms with Crippen LogP contribution in [-0.2, 0) is 22.5 Å². The lowest BCUT2D eigenvalue weighted by Gasteiger charge is -2.33. The molecule has 164 valence electrons. The van der Waals surface area contributed by atoms with Crippen molar-refractivity contribution >= 4 is 28.2 Å². The number of ether oxygens (including phenoxy) is 1. The number of imidazole rings is 1. The molecule has 0 N–H and O–H groups in total. The second kappa shape index (κ2) is 9.62. The number of thiazole rings is 1. The van der Waals surface area contributed by atoms with Crippen molar-refractivity contribution in [3.8, 4) is 0 Å². The van der Waals surface area contributed by atoms with Crippen LogP contribution < -0.4 is 0 Å². The zero-order chi connectivity index (χ0) is 21.8. The van der Waals surface area contributed by atoms with Gasteiger partial charge in [0.15, 0.2) is 10.7 Å². The molecule has 1 atom stereocenters. The molecule has 0 bridgehead atoms. The molecule has 0 radical (unpaired) electrons. The lowest BCUT2D eigenvalue weighted by molar-refractivity contribution is -0.148. The first-order chi connectivity index (χ1) is 15.1. The van der Waals surface area contributed by atoms with Crippen molar-refractivity contribution in [2.75, 3.05) is 27.2 Å². The summed E-state index contributed by atoms with van der Waals surface area (Å²) in [5, 5.41) is 1.97. The third kappa shape index (κ3) is 4.65. The largest absolute Gasteiger partial charge is 0.468 e. The van der Waals surface area contributed by atoms with E-state index in [1.165, 1.54) is 24.0 Å². The number of hydrogen-bond donors (Lipinski definition) is 0. The van der Waals surface area contributed by atoms with Gasteiger partial charge in [-0.1, -0.05) is 36.8 Å². The van der Waals surface area contributed by atoms with Crippen molar-refractivity contribution < 1.29 is 14.3 Å². The maximum atomic E-state index is 13.3. The van der Waals surface area contributed by atoms with E-state index in [-0.39, 0.29) is 17.9 Å². The third-order valence-electron chi connectivity index (χ3n) is 5.93. The molecular formula is C23H28N4O3S. The predicted octanol–water partition coefficient (Wildman–Crippen LogP) is 3.24. The molecule has 1 amide bonds. The average molecular weight is 441 g/mol. The van der Waals surface area contributed by atoms with Crippen molar-refractivity contribution in [1.29, 1.82) is 0 Å². The van der Waals surface area contributed by atoms with Crippen LogP contribution in [0.1, 0.15) is 41.0 Å². The van der Waals surface area contributed by atoms with Crippen LogP contribution in [0.3, 0.4) is 0 Å². The molecule has 31 heavy (non-hydrogen) atoms. The molecule has 0 aliphatic carbocycles. The van der Waals surface area contributed by atoms with E-state index in [0.717, 1.165) is 42.9 Å². The lowest BCUT2D eigenvalue weighted by atomic mass is 10.0. The Morgan fingerprint density at radius 1 is 1.26 bits per heavy atom. The van der Waals surface area contributed by atoms with Crippen LogP contribution in [0.15, 0.2) is 41.9 Å². The second-order valence-electron chi connectivity index (χ2n) is 7.93. The minimum absolute atomic E-state index is 0.0894. The Morgan fingerprint density at radius 2 is 2.06 bits per heavy atom. The Balaban J connectivity index is 1.55. The second-order valence-corrected chi connectivity index (χ2v) is 8.80. The Bertz CT molecular complexity index is 1050. The van der Waals surface area contributed by atoms with Gasteiger partial charge in [-0.3, -0.25) is 18.9 Å². The molecule has 1 aliphatic heterocycles. The van der Waals surface area contributed by atoms with E-state index in [1.54, 1.807) is 4.90 Å². The fourth-order valence-corrected chi connectivity index (χ4v) is 4.89. The molecular weight excluding hydrogens is 412 g/mol. The van der Waals surface area contributed by atoms with Gasteiger partial charge in [0.2, 0.25) is 0 Å². The van der Waals surface area contributed by atoms with Gasteiger partial charge in [-0.2, -0.15) is 0 Å². The van der Waals surface area contributed by atoms with Gasteiger partial charge in [-0.05, 0) is 31.4 Å². The summed E-state index contributed by atoms with van der Waals surface area (Å²) < 4.78 is 7.00. The number of likely N-dealkylation sites (tertiary alicyclic amines) is 1. The molecule has 4 rings (SSSR count). The zero-order valence-electron chi connectivity index (χ0n) is 18.0. The van der Waals surface area contributed by atoms with Gasteiger partial charge in [0.1, 0.15) is 6.04 Å². The van der Waals surface area contributed by atoms with Gasteiger partial charge in [0, 0.05) is 31.7 Å². The fourth-order valence-electron chi connectivity index (χ4n) is 4.15. The highest BCUT2D eigenvalue weighted by Crippen LogP contribution is 2.25. The van der Waals surface area contributed by atoms with E-state index >= 15 is 0 Å². The van der Waals surface area contributed by atoms with E-state index in [0.29, 0.717) is 18.8 Å². The number of amides is 1. The number of carbonyl (C=O) groups is 2. The molecule has 2 aromatic heterocycles. The van der Waals surface area contributed by atoms with Crippen LogP contribution in [0.4, 0.5) is 0 Å². The zero-order valence-corrected chi connectivity index (χ0v) is 18.8. The van der Waals surface area contributed by atoms with E-state index in [9.17, 15) is 9.59 Å².